The standard InChI is InChI=1S/C17H15NO3/c19-13-7-9-14-12(10-13)6-8-15-16(21-17(20)18(14)15)11-4-2-1-3-5-11/h1-5,7,9-10,15-16,19H,6,8H2/t15-,16+/m0/s1. The maximum Gasteiger partial charge on any atom is 0.415 e. The Hall–Kier alpha value is -2.49. The van der Waals surface area contributed by atoms with Crippen molar-refractivity contribution in [3.63, 3.8) is 0 Å². The molecule has 106 valence electrons. The molecule has 0 saturated carbocycles. The molecular formula is C17H15NO3. The van der Waals surface area contributed by atoms with Gasteiger partial charge in [0.1, 0.15) is 11.9 Å². The van der Waals surface area contributed by atoms with Gasteiger partial charge in [0.2, 0.25) is 0 Å². The molecular weight excluding hydrogens is 266 g/mol. The van der Waals surface area contributed by atoms with Crippen molar-refractivity contribution in [2.24, 2.45) is 0 Å². The molecule has 2 aliphatic rings. The molecule has 0 aromatic heterocycles. The van der Waals surface area contributed by atoms with Crippen LogP contribution >= 0.6 is 0 Å². The summed E-state index contributed by atoms with van der Waals surface area (Å²) in [5, 5.41) is 9.59. The Kier molecular flexibility index (Phi) is 2.64. The van der Waals surface area contributed by atoms with Crippen LogP contribution in [0.5, 0.6) is 5.75 Å². The lowest BCUT2D eigenvalue weighted by molar-refractivity contribution is 0.131. The molecule has 0 spiro atoms. The molecule has 0 unspecified atom stereocenters. The number of hydrogen-bond acceptors (Lipinski definition) is 3. The molecule has 2 atom stereocenters. The second-order valence-corrected chi connectivity index (χ2v) is 5.50. The number of aromatic hydroxyl groups is 1. The lowest BCUT2D eigenvalue weighted by Crippen LogP contribution is -2.38. The third-order valence-electron chi connectivity index (χ3n) is 4.27. The zero-order valence-electron chi connectivity index (χ0n) is 11.4. The number of ether oxygens (including phenoxy) is 1. The van der Waals surface area contributed by atoms with E-state index in [1.807, 2.05) is 30.3 Å². The summed E-state index contributed by atoms with van der Waals surface area (Å²) >= 11 is 0. The Bertz CT molecular complexity index is 698. The van der Waals surface area contributed by atoms with Crippen LogP contribution in [0.2, 0.25) is 0 Å². The van der Waals surface area contributed by atoms with Crippen LogP contribution in [-0.4, -0.2) is 17.2 Å². The number of phenolic OH excluding ortho intramolecular Hbond substituents is 1. The Balaban J connectivity index is 1.75. The van der Waals surface area contributed by atoms with Crippen molar-refractivity contribution in [1.82, 2.24) is 0 Å². The van der Waals surface area contributed by atoms with Crippen molar-refractivity contribution in [2.75, 3.05) is 4.90 Å². The molecule has 4 nitrogen and oxygen atoms in total. The Morgan fingerprint density at radius 1 is 1.14 bits per heavy atom. The number of benzene rings is 2. The van der Waals surface area contributed by atoms with Gasteiger partial charge in [0.05, 0.1) is 11.7 Å². The SMILES string of the molecule is O=C1O[C@H](c2ccccc2)[C@@H]2CCc3cc(O)ccc3N12. The lowest BCUT2D eigenvalue weighted by Gasteiger charge is -2.31. The number of carbonyl (C=O) groups is 1. The van der Waals surface area contributed by atoms with Gasteiger partial charge in [-0.15, -0.1) is 0 Å². The summed E-state index contributed by atoms with van der Waals surface area (Å²) in [6.45, 7) is 0. The maximum absolute atomic E-state index is 12.3. The molecule has 2 heterocycles. The van der Waals surface area contributed by atoms with E-state index in [-0.39, 0.29) is 24.0 Å². The monoisotopic (exact) mass is 281 g/mol. The van der Waals surface area contributed by atoms with Gasteiger partial charge in [0.25, 0.3) is 0 Å². The Labute approximate surface area is 122 Å². The molecule has 1 N–H and O–H groups in total. The zero-order chi connectivity index (χ0) is 14.4. The molecule has 0 aliphatic carbocycles. The van der Waals surface area contributed by atoms with E-state index in [4.69, 9.17) is 4.74 Å². The first-order chi connectivity index (χ1) is 10.2. The zero-order valence-corrected chi connectivity index (χ0v) is 11.4. The van der Waals surface area contributed by atoms with E-state index in [0.717, 1.165) is 29.7 Å². The highest BCUT2D eigenvalue weighted by atomic mass is 16.6. The van der Waals surface area contributed by atoms with E-state index in [1.54, 1.807) is 23.1 Å². The van der Waals surface area contributed by atoms with Gasteiger partial charge in [-0.05, 0) is 42.2 Å². The van der Waals surface area contributed by atoms with Crippen LogP contribution in [-0.2, 0) is 11.2 Å². The summed E-state index contributed by atoms with van der Waals surface area (Å²) in [4.78, 5) is 14.0. The minimum atomic E-state index is -0.305. The number of aryl methyl sites for hydroxylation is 1. The summed E-state index contributed by atoms with van der Waals surface area (Å²) in [6.07, 6.45) is 1.15. The number of rotatable bonds is 1. The van der Waals surface area contributed by atoms with Crippen LogP contribution in [0.25, 0.3) is 0 Å². The van der Waals surface area contributed by atoms with Crippen molar-refractivity contribution < 1.29 is 14.6 Å². The van der Waals surface area contributed by atoms with Gasteiger partial charge < -0.3 is 9.84 Å². The van der Waals surface area contributed by atoms with Crippen LogP contribution in [0.1, 0.15) is 23.7 Å². The van der Waals surface area contributed by atoms with Crippen molar-refractivity contribution in [2.45, 2.75) is 25.0 Å². The number of nitrogens with zero attached hydrogens (tertiary/aromatic N) is 1. The van der Waals surface area contributed by atoms with E-state index in [1.165, 1.54) is 0 Å². The van der Waals surface area contributed by atoms with Crippen molar-refractivity contribution in [3.8, 4) is 5.75 Å². The summed E-state index contributed by atoms with van der Waals surface area (Å²) in [5.74, 6) is 0.236. The molecule has 2 aromatic rings. The third kappa shape index (κ3) is 1.87. The van der Waals surface area contributed by atoms with Crippen LogP contribution in [0.3, 0.4) is 0 Å². The fourth-order valence-corrected chi connectivity index (χ4v) is 3.32. The molecule has 2 aliphatic heterocycles. The molecule has 4 heteroatoms. The topological polar surface area (TPSA) is 49.8 Å². The number of fused-ring (bicyclic) bond motifs is 3. The fraction of sp³-hybridized carbons (Fsp3) is 0.235. The second kappa shape index (κ2) is 4.52. The summed E-state index contributed by atoms with van der Waals surface area (Å²) < 4.78 is 5.61. The molecule has 4 rings (SSSR count). The normalized spacial score (nSPS) is 23.4. The van der Waals surface area contributed by atoms with E-state index >= 15 is 0 Å². The minimum Gasteiger partial charge on any atom is -0.508 e. The average molecular weight is 281 g/mol. The molecule has 0 radical (unpaired) electrons. The predicted octanol–water partition coefficient (Wildman–Crippen LogP) is 3.40. The summed E-state index contributed by atoms with van der Waals surface area (Å²) in [6, 6.07) is 15.0. The highest BCUT2D eigenvalue weighted by Crippen LogP contribution is 2.43. The number of phenols is 1. The van der Waals surface area contributed by atoms with Gasteiger partial charge in [-0.1, -0.05) is 30.3 Å². The lowest BCUT2D eigenvalue weighted by atomic mass is 9.91. The van der Waals surface area contributed by atoms with Crippen LogP contribution in [0.4, 0.5) is 10.5 Å². The van der Waals surface area contributed by atoms with Crippen LogP contribution in [0, 0.1) is 0 Å². The fourth-order valence-electron chi connectivity index (χ4n) is 3.32. The summed E-state index contributed by atoms with van der Waals surface area (Å²) in [7, 11) is 0. The minimum absolute atomic E-state index is 0.0249. The van der Waals surface area contributed by atoms with E-state index in [0.29, 0.717) is 0 Å². The van der Waals surface area contributed by atoms with Gasteiger partial charge in [-0.3, -0.25) is 4.90 Å². The molecule has 1 amide bonds. The van der Waals surface area contributed by atoms with Crippen molar-refractivity contribution in [1.29, 1.82) is 0 Å². The van der Waals surface area contributed by atoms with Crippen molar-refractivity contribution in [3.05, 3.63) is 59.7 Å². The number of amides is 1. The van der Waals surface area contributed by atoms with E-state index in [9.17, 15) is 9.90 Å². The first kappa shape index (κ1) is 12.3. The van der Waals surface area contributed by atoms with Crippen LogP contribution in [0.15, 0.2) is 48.5 Å². The largest absolute Gasteiger partial charge is 0.508 e. The van der Waals surface area contributed by atoms with E-state index < -0.39 is 0 Å². The Morgan fingerprint density at radius 3 is 2.76 bits per heavy atom. The molecule has 2 aromatic carbocycles. The molecule has 21 heavy (non-hydrogen) atoms. The maximum atomic E-state index is 12.3. The number of cyclic esters (lactones) is 1. The molecule has 0 bridgehead atoms. The number of carbonyl (C=O) groups excluding carboxylic acids is 1. The van der Waals surface area contributed by atoms with E-state index in [2.05, 4.69) is 0 Å². The van der Waals surface area contributed by atoms with Gasteiger partial charge in [-0.25, -0.2) is 4.79 Å². The highest BCUT2D eigenvalue weighted by molar-refractivity contribution is 5.92. The molecule has 1 saturated heterocycles. The summed E-state index contributed by atoms with van der Waals surface area (Å²) in [5.41, 5.74) is 2.88. The number of hydrogen-bond donors (Lipinski definition) is 1. The first-order valence-corrected chi connectivity index (χ1v) is 7.11. The second-order valence-electron chi connectivity index (χ2n) is 5.50. The van der Waals surface area contributed by atoms with Crippen LogP contribution < -0.4 is 4.90 Å². The third-order valence-corrected chi connectivity index (χ3v) is 4.27. The average Bonchev–Trinajstić information content (AvgIpc) is 2.85. The van der Waals surface area contributed by atoms with Gasteiger partial charge in [0, 0.05) is 0 Å². The smallest absolute Gasteiger partial charge is 0.415 e. The molecule has 1 fully saturated rings. The first-order valence-electron chi connectivity index (χ1n) is 7.11. The van der Waals surface area contributed by atoms with Crippen molar-refractivity contribution >= 4 is 11.8 Å². The van der Waals surface area contributed by atoms with Gasteiger partial charge in [-0.2, -0.15) is 0 Å². The predicted molar refractivity (Wildman–Crippen MR) is 78.4 cm³/mol. The quantitative estimate of drug-likeness (QED) is 0.871. The van der Waals surface area contributed by atoms with Gasteiger partial charge in [0.15, 0.2) is 0 Å². The highest BCUT2D eigenvalue weighted by Gasteiger charge is 2.45. The Morgan fingerprint density at radius 2 is 1.95 bits per heavy atom. The number of anilines is 1. The van der Waals surface area contributed by atoms with Gasteiger partial charge >= 0.3 is 6.09 Å².